The van der Waals surface area contributed by atoms with Gasteiger partial charge in [0.1, 0.15) is 5.82 Å². The van der Waals surface area contributed by atoms with E-state index in [1.54, 1.807) is 0 Å². The first-order valence-corrected chi connectivity index (χ1v) is 11.6. The monoisotopic (exact) mass is 484 g/mol. The Kier molecular flexibility index (Phi) is 7.70. The third-order valence-electron chi connectivity index (χ3n) is 6.18. The largest absolute Gasteiger partial charge is 0.419 e. The number of alkyl halides is 3. The molecular weight excluding hydrogens is 457 g/mol. The van der Waals surface area contributed by atoms with Crippen molar-refractivity contribution in [3.8, 4) is 0 Å². The summed E-state index contributed by atoms with van der Waals surface area (Å²) in [6.45, 7) is 2.01. The van der Waals surface area contributed by atoms with Crippen molar-refractivity contribution in [2.45, 2.75) is 50.6 Å². The minimum Gasteiger partial charge on any atom is -0.369 e. The predicted molar refractivity (Wildman–Crippen MR) is 123 cm³/mol. The van der Waals surface area contributed by atoms with Crippen molar-refractivity contribution in [2.24, 2.45) is 5.73 Å². The summed E-state index contributed by atoms with van der Waals surface area (Å²) in [6.07, 6.45) is 1.63. The standard InChI is InChI=1S/C25H27F3N6O/c26-25(27,28)19-15-33-24(13-16-1-3-17(4-2-16)18-7-9-30-10-8-18)34-20(19)5-6-21-22(14-23(29)35)32-12-11-31-21/h1-4,11-12,15,18,30H,5-10,13-14H2,(H2,29,35). The van der Waals surface area contributed by atoms with Gasteiger partial charge in [-0.05, 0) is 55.8 Å². The zero-order valence-corrected chi connectivity index (χ0v) is 19.2. The van der Waals surface area contributed by atoms with E-state index in [-0.39, 0.29) is 25.0 Å². The van der Waals surface area contributed by atoms with Crippen molar-refractivity contribution in [3.63, 3.8) is 0 Å². The van der Waals surface area contributed by atoms with Crippen molar-refractivity contribution < 1.29 is 18.0 Å². The number of aryl methyl sites for hydroxylation is 2. The molecule has 1 aliphatic heterocycles. The Morgan fingerprint density at radius 2 is 1.63 bits per heavy atom. The van der Waals surface area contributed by atoms with Crippen LogP contribution in [0.2, 0.25) is 0 Å². The number of nitrogens with two attached hydrogens (primary N) is 1. The lowest BCUT2D eigenvalue weighted by Gasteiger charge is -2.23. The molecule has 1 aromatic carbocycles. The van der Waals surface area contributed by atoms with Gasteiger partial charge in [0.2, 0.25) is 5.91 Å². The fraction of sp³-hybridized carbons (Fsp3) is 0.400. The number of halogens is 3. The summed E-state index contributed by atoms with van der Waals surface area (Å²) in [5.41, 5.74) is 7.26. The van der Waals surface area contributed by atoms with Gasteiger partial charge in [0.25, 0.3) is 0 Å². The summed E-state index contributed by atoms with van der Waals surface area (Å²) < 4.78 is 40.9. The lowest BCUT2D eigenvalue weighted by atomic mass is 9.89. The van der Waals surface area contributed by atoms with Gasteiger partial charge in [0, 0.05) is 25.0 Å². The number of primary amides is 1. The molecule has 10 heteroatoms. The molecule has 3 aromatic rings. The molecule has 1 fully saturated rings. The average Bonchev–Trinajstić information content (AvgIpc) is 2.83. The number of nitrogens with zero attached hydrogens (tertiary/aromatic N) is 4. The maximum absolute atomic E-state index is 13.6. The fourth-order valence-electron chi connectivity index (χ4n) is 4.37. The highest BCUT2D eigenvalue weighted by Gasteiger charge is 2.35. The quantitative estimate of drug-likeness (QED) is 0.509. The van der Waals surface area contributed by atoms with Gasteiger partial charge in [-0.1, -0.05) is 24.3 Å². The van der Waals surface area contributed by atoms with E-state index in [0.29, 0.717) is 29.6 Å². The zero-order chi connectivity index (χ0) is 24.8. The second kappa shape index (κ2) is 10.9. The smallest absolute Gasteiger partial charge is 0.369 e. The fourth-order valence-corrected chi connectivity index (χ4v) is 4.37. The molecule has 0 atom stereocenters. The maximum Gasteiger partial charge on any atom is 0.419 e. The molecule has 0 unspecified atom stereocenters. The van der Waals surface area contributed by atoms with Crippen LogP contribution in [0, 0.1) is 0 Å². The van der Waals surface area contributed by atoms with Gasteiger partial charge in [-0.25, -0.2) is 9.97 Å². The molecule has 0 bridgehead atoms. The zero-order valence-electron chi connectivity index (χ0n) is 19.2. The van der Waals surface area contributed by atoms with Crippen molar-refractivity contribution >= 4 is 5.91 Å². The number of piperidine rings is 1. The third-order valence-corrected chi connectivity index (χ3v) is 6.18. The molecule has 7 nitrogen and oxygen atoms in total. The molecular formula is C25H27F3N6O. The molecule has 3 heterocycles. The summed E-state index contributed by atoms with van der Waals surface area (Å²) in [5.74, 6) is 0.261. The van der Waals surface area contributed by atoms with E-state index in [1.807, 2.05) is 12.1 Å². The van der Waals surface area contributed by atoms with Crippen molar-refractivity contribution in [3.05, 3.63) is 82.5 Å². The predicted octanol–water partition coefficient (Wildman–Crippen LogP) is 3.16. The van der Waals surface area contributed by atoms with Gasteiger partial charge in [0.05, 0.1) is 29.1 Å². The van der Waals surface area contributed by atoms with Crippen LogP contribution in [-0.4, -0.2) is 38.9 Å². The number of nitrogens with one attached hydrogen (secondary N) is 1. The van der Waals surface area contributed by atoms with Crippen LogP contribution >= 0.6 is 0 Å². The molecule has 0 saturated carbocycles. The molecule has 1 aliphatic rings. The van der Waals surface area contributed by atoms with Crippen molar-refractivity contribution in [2.75, 3.05) is 13.1 Å². The van der Waals surface area contributed by atoms with Crippen LogP contribution in [0.1, 0.15) is 58.4 Å². The Hall–Kier alpha value is -3.40. The number of aromatic nitrogens is 4. The molecule has 0 radical (unpaired) electrons. The van der Waals surface area contributed by atoms with E-state index in [1.165, 1.54) is 18.0 Å². The average molecular weight is 485 g/mol. The van der Waals surface area contributed by atoms with Crippen molar-refractivity contribution in [1.29, 1.82) is 0 Å². The summed E-state index contributed by atoms with van der Waals surface area (Å²) >= 11 is 0. The van der Waals surface area contributed by atoms with E-state index in [9.17, 15) is 18.0 Å². The van der Waals surface area contributed by atoms with Gasteiger partial charge >= 0.3 is 6.18 Å². The van der Waals surface area contributed by atoms with Gasteiger partial charge < -0.3 is 11.1 Å². The highest BCUT2D eigenvalue weighted by Crippen LogP contribution is 2.32. The molecule has 0 spiro atoms. The molecule has 1 saturated heterocycles. The van der Waals surface area contributed by atoms with Crippen LogP contribution < -0.4 is 11.1 Å². The van der Waals surface area contributed by atoms with Crippen LogP contribution in [-0.2, 0) is 36.7 Å². The number of benzene rings is 1. The SMILES string of the molecule is NC(=O)Cc1nccnc1CCc1nc(Cc2ccc(C3CCNCC3)cc2)ncc1C(F)(F)F. The van der Waals surface area contributed by atoms with Gasteiger partial charge in [-0.2, -0.15) is 13.2 Å². The second-order valence-corrected chi connectivity index (χ2v) is 8.68. The first-order chi connectivity index (χ1) is 16.8. The van der Waals surface area contributed by atoms with Crippen LogP contribution in [0.25, 0.3) is 0 Å². The minimum atomic E-state index is -4.58. The maximum atomic E-state index is 13.6. The van der Waals surface area contributed by atoms with Crippen LogP contribution in [0.15, 0.2) is 42.9 Å². The Morgan fingerprint density at radius 3 is 2.29 bits per heavy atom. The number of rotatable bonds is 8. The van der Waals surface area contributed by atoms with E-state index in [4.69, 9.17) is 5.73 Å². The number of carbonyl (C=O) groups excluding carboxylic acids is 1. The summed E-state index contributed by atoms with van der Waals surface area (Å²) in [6, 6.07) is 8.16. The Balaban J connectivity index is 1.52. The Labute approximate surface area is 201 Å². The van der Waals surface area contributed by atoms with Crippen LogP contribution in [0.4, 0.5) is 13.2 Å². The molecule has 1 amide bonds. The second-order valence-electron chi connectivity index (χ2n) is 8.68. The van der Waals surface area contributed by atoms with Gasteiger partial charge in [0.15, 0.2) is 0 Å². The highest BCUT2D eigenvalue weighted by molar-refractivity contribution is 5.76. The van der Waals surface area contributed by atoms with E-state index >= 15 is 0 Å². The molecule has 3 N–H and O–H groups in total. The van der Waals surface area contributed by atoms with Gasteiger partial charge in [-0.15, -0.1) is 0 Å². The molecule has 35 heavy (non-hydrogen) atoms. The lowest BCUT2D eigenvalue weighted by Crippen LogP contribution is -2.26. The number of carbonyl (C=O) groups is 1. The van der Waals surface area contributed by atoms with Crippen LogP contribution in [0.5, 0.6) is 0 Å². The Bertz CT molecular complexity index is 1160. The molecule has 2 aromatic heterocycles. The molecule has 4 rings (SSSR count). The number of hydrogen-bond donors (Lipinski definition) is 2. The number of amides is 1. The summed E-state index contributed by atoms with van der Waals surface area (Å²) in [7, 11) is 0. The summed E-state index contributed by atoms with van der Waals surface area (Å²) in [5, 5.41) is 3.36. The van der Waals surface area contributed by atoms with E-state index < -0.39 is 17.6 Å². The topological polar surface area (TPSA) is 107 Å². The first kappa shape index (κ1) is 24.7. The highest BCUT2D eigenvalue weighted by atomic mass is 19.4. The summed E-state index contributed by atoms with van der Waals surface area (Å²) in [4.78, 5) is 27.8. The first-order valence-electron chi connectivity index (χ1n) is 11.6. The lowest BCUT2D eigenvalue weighted by molar-refractivity contribution is -0.138. The minimum absolute atomic E-state index is 0.0243. The van der Waals surface area contributed by atoms with Gasteiger partial charge in [-0.3, -0.25) is 14.8 Å². The van der Waals surface area contributed by atoms with E-state index in [0.717, 1.165) is 37.7 Å². The molecule has 0 aliphatic carbocycles. The normalized spacial score (nSPS) is 14.7. The van der Waals surface area contributed by atoms with Crippen LogP contribution in [0.3, 0.4) is 0 Å². The van der Waals surface area contributed by atoms with E-state index in [2.05, 4.69) is 37.4 Å². The Morgan fingerprint density at radius 1 is 0.971 bits per heavy atom. The van der Waals surface area contributed by atoms with Crippen molar-refractivity contribution in [1.82, 2.24) is 25.3 Å². The number of hydrogen-bond acceptors (Lipinski definition) is 6. The molecule has 184 valence electrons. The third kappa shape index (κ3) is 6.60.